The number of esters is 3. The highest BCUT2D eigenvalue weighted by atomic mass is 16.6. The number of unbranched alkanes of at least 4 members (excludes halogenated alkanes) is 31. The van der Waals surface area contributed by atoms with Crippen LogP contribution < -0.4 is 0 Å². The van der Waals surface area contributed by atoms with Gasteiger partial charge < -0.3 is 14.2 Å². The fourth-order valence-electron chi connectivity index (χ4n) is 7.82. The lowest BCUT2D eigenvalue weighted by Crippen LogP contribution is -2.30. The topological polar surface area (TPSA) is 78.9 Å². The van der Waals surface area contributed by atoms with Crippen LogP contribution in [0.5, 0.6) is 0 Å². The van der Waals surface area contributed by atoms with E-state index in [-0.39, 0.29) is 31.1 Å². The average molecular weight is 921 g/mol. The Hall–Kier alpha value is -3.15. The molecule has 0 radical (unpaired) electrons. The lowest BCUT2D eigenvalue weighted by atomic mass is 10.0. The molecule has 1 atom stereocenters. The Balaban J connectivity index is 4.43. The van der Waals surface area contributed by atoms with Gasteiger partial charge >= 0.3 is 17.9 Å². The van der Waals surface area contributed by atoms with Gasteiger partial charge in [-0.25, -0.2) is 0 Å². The Morgan fingerprint density at radius 2 is 0.591 bits per heavy atom. The fourth-order valence-corrected chi connectivity index (χ4v) is 7.82. The van der Waals surface area contributed by atoms with Crippen LogP contribution in [-0.4, -0.2) is 37.2 Å². The molecule has 1 unspecified atom stereocenters. The quantitative estimate of drug-likeness (QED) is 0.0199. The summed E-state index contributed by atoms with van der Waals surface area (Å²) in [7, 11) is 0. The summed E-state index contributed by atoms with van der Waals surface area (Å²) in [5.41, 5.74) is 0. The first-order valence-corrected chi connectivity index (χ1v) is 28.0. The second kappa shape index (κ2) is 54.5. The van der Waals surface area contributed by atoms with Crippen LogP contribution in [0, 0.1) is 0 Å². The number of ether oxygens (including phenoxy) is 3. The summed E-state index contributed by atoms with van der Waals surface area (Å²) in [6.45, 7) is 6.53. The van der Waals surface area contributed by atoms with E-state index >= 15 is 0 Å². The lowest BCUT2D eigenvalue weighted by molar-refractivity contribution is -0.167. The highest BCUT2D eigenvalue weighted by molar-refractivity contribution is 5.71. The first kappa shape index (κ1) is 62.8. The van der Waals surface area contributed by atoms with Crippen molar-refractivity contribution in [2.75, 3.05) is 13.2 Å². The third-order valence-corrected chi connectivity index (χ3v) is 12.0. The van der Waals surface area contributed by atoms with Crippen molar-refractivity contribution in [2.45, 2.75) is 277 Å². The van der Waals surface area contributed by atoms with Gasteiger partial charge in [0.1, 0.15) is 13.2 Å². The SMILES string of the molecule is CCC\C=C/C=C\C=C/C=C\C=C/CCCCCCCC(=O)OCC(COC(=O)CCCCC/C=C\CCCCCCCC)OC(=O)CCCCCCCCCCCCCCCCCCC. The summed E-state index contributed by atoms with van der Waals surface area (Å²) in [5.74, 6) is -0.921. The molecule has 0 aliphatic carbocycles. The van der Waals surface area contributed by atoms with Crippen LogP contribution in [0.15, 0.2) is 72.9 Å². The Morgan fingerprint density at radius 3 is 0.970 bits per heavy atom. The molecule has 0 aromatic heterocycles. The van der Waals surface area contributed by atoms with Crippen LogP contribution in [0.1, 0.15) is 271 Å². The van der Waals surface area contributed by atoms with Gasteiger partial charge in [-0.3, -0.25) is 14.4 Å². The third-order valence-electron chi connectivity index (χ3n) is 12.0. The molecule has 0 aromatic carbocycles. The smallest absolute Gasteiger partial charge is 0.306 e. The Bertz CT molecular complexity index is 1240. The van der Waals surface area contributed by atoms with E-state index in [4.69, 9.17) is 14.2 Å². The van der Waals surface area contributed by atoms with Crippen molar-refractivity contribution in [3.63, 3.8) is 0 Å². The summed E-state index contributed by atoms with van der Waals surface area (Å²) >= 11 is 0. The van der Waals surface area contributed by atoms with Gasteiger partial charge in [0.15, 0.2) is 6.10 Å². The van der Waals surface area contributed by atoms with Crippen LogP contribution in [0.2, 0.25) is 0 Å². The van der Waals surface area contributed by atoms with Crippen molar-refractivity contribution in [2.24, 2.45) is 0 Å². The van der Waals surface area contributed by atoms with Crippen LogP contribution in [0.25, 0.3) is 0 Å². The zero-order chi connectivity index (χ0) is 47.9. The molecule has 0 heterocycles. The van der Waals surface area contributed by atoms with E-state index in [0.717, 1.165) is 96.3 Å². The maximum absolute atomic E-state index is 12.8. The maximum atomic E-state index is 12.8. The first-order valence-electron chi connectivity index (χ1n) is 28.0. The van der Waals surface area contributed by atoms with Gasteiger partial charge in [-0.2, -0.15) is 0 Å². The molecule has 0 fully saturated rings. The molecule has 6 heteroatoms. The molecule has 0 bridgehead atoms. The standard InChI is InChI=1S/C60H104O6/c1-4-7-10-13-16-19-22-25-27-29-31-32-35-38-41-44-47-50-53-59(62)65-56-57(55-64-58(61)52-49-46-43-40-37-34-24-21-18-15-12-9-6-3)66-60(63)54-51-48-45-42-39-36-33-30-28-26-23-20-17-14-11-8-5-2/h10,13,16,19,22,25,27,29,31-32,34,37,57H,4-9,11-12,14-15,17-18,20-21,23-24,26,28,30,33,35-36,38-56H2,1-3H3/b13-10-,19-16-,25-22-,29-27-,32-31-,37-34-. The molecule has 0 aromatic rings. The minimum absolute atomic E-state index is 0.0899. The molecule has 6 nitrogen and oxygen atoms in total. The zero-order valence-electron chi connectivity index (χ0n) is 43.4. The van der Waals surface area contributed by atoms with E-state index < -0.39 is 6.10 Å². The molecular formula is C60H104O6. The Labute approximate surface area is 408 Å². The van der Waals surface area contributed by atoms with Gasteiger partial charge in [0.2, 0.25) is 0 Å². The molecule has 0 aliphatic rings. The summed E-state index contributed by atoms with van der Waals surface area (Å²) in [5, 5.41) is 0. The number of hydrogen-bond acceptors (Lipinski definition) is 6. The monoisotopic (exact) mass is 921 g/mol. The highest BCUT2D eigenvalue weighted by Gasteiger charge is 2.19. The lowest BCUT2D eigenvalue weighted by Gasteiger charge is -2.18. The molecule has 0 spiro atoms. The predicted octanol–water partition coefficient (Wildman–Crippen LogP) is 18.6. The van der Waals surface area contributed by atoms with Gasteiger partial charge in [-0.15, -0.1) is 0 Å². The van der Waals surface area contributed by atoms with Gasteiger partial charge in [0, 0.05) is 19.3 Å². The van der Waals surface area contributed by atoms with Crippen LogP contribution in [0.4, 0.5) is 0 Å². The molecule has 0 saturated carbocycles. The molecule has 0 rings (SSSR count). The first-order chi connectivity index (χ1) is 32.5. The van der Waals surface area contributed by atoms with Crippen molar-refractivity contribution >= 4 is 17.9 Å². The minimum Gasteiger partial charge on any atom is -0.462 e. The van der Waals surface area contributed by atoms with Gasteiger partial charge in [0.25, 0.3) is 0 Å². The van der Waals surface area contributed by atoms with Gasteiger partial charge in [-0.05, 0) is 64.2 Å². The number of rotatable bonds is 50. The van der Waals surface area contributed by atoms with E-state index in [1.54, 1.807) is 0 Å². The molecule has 0 saturated heterocycles. The molecule has 0 aliphatic heterocycles. The number of allylic oxidation sites excluding steroid dienone is 12. The van der Waals surface area contributed by atoms with Crippen molar-refractivity contribution < 1.29 is 28.6 Å². The number of carbonyl (C=O) groups excluding carboxylic acids is 3. The van der Waals surface area contributed by atoms with Gasteiger partial charge in [0.05, 0.1) is 0 Å². The highest BCUT2D eigenvalue weighted by Crippen LogP contribution is 2.16. The molecule has 0 amide bonds. The van der Waals surface area contributed by atoms with E-state index in [2.05, 4.69) is 69.4 Å². The molecular weight excluding hydrogens is 817 g/mol. The molecule has 380 valence electrons. The van der Waals surface area contributed by atoms with Crippen molar-refractivity contribution in [3.05, 3.63) is 72.9 Å². The van der Waals surface area contributed by atoms with Crippen molar-refractivity contribution in [1.82, 2.24) is 0 Å². The summed E-state index contributed by atoms with van der Waals surface area (Å²) in [4.78, 5) is 38.1. The maximum Gasteiger partial charge on any atom is 0.306 e. The van der Waals surface area contributed by atoms with Crippen LogP contribution in [0.3, 0.4) is 0 Å². The van der Waals surface area contributed by atoms with E-state index in [9.17, 15) is 14.4 Å². The summed E-state index contributed by atoms with van der Waals surface area (Å²) in [6, 6.07) is 0. The van der Waals surface area contributed by atoms with Gasteiger partial charge in [-0.1, -0.05) is 261 Å². The van der Waals surface area contributed by atoms with Crippen LogP contribution >= 0.6 is 0 Å². The third kappa shape index (κ3) is 51.8. The predicted molar refractivity (Wildman–Crippen MR) is 284 cm³/mol. The molecule has 66 heavy (non-hydrogen) atoms. The minimum atomic E-state index is -0.790. The zero-order valence-corrected chi connectivity index (χ0v) is 43.4. The fraction of sp³-hybridized carbons (Fsp3) is 0.750. The van der Waals surface area contributed by atoms with E-state index in [1.807, 2.05) is 24.3 Å². The summed E-state index contributed by atoms with van der Waals surface area (Å²) < 4.78 is 16.8. The Kier molecular flexibility index (Phi) is 51.9. The Morgan fingerprint density at radius 1 is 0.303 bits per heavy atom. The average Bonchev–Trinajstić information content (AvgIpc) is 3.31. The van der Waals surface area contributed by atoms with Crippen molar-refractivity contribution in [1.29, 1.82) is 0 Å². The number of carbonyl (C=O) groups is 3. The second-order valence-corrected chi connectivity index (χ2v) is 18.6. The largest absolute Gasteiger partial charge is 0.462 e. The summed E-state index contributed by atoms with van der Waals surface area (Å²) in [6.07, 6.45) is 68.8. The van der Waals surface area contributed by atoms with Crippen molar-refractivity contribution in [3.8, 4) is 0 Å². The second-order valence-electron chi connectivity index (χ2n) is 18.6. The molecule has 0 N–H and O–H groups in total. The normalized spacial score (nSPS) is 12.6. The van der Waals surface area contributed by atoms with E-state index in [0.29, 0.717) is 19.3 Å². The van der Waals surface area contributed by atoms with E-state index in [1.165, 1.54) is 135 Å². The number of hydrogen-bond donors (Lipinski definition) is 0. The van der Waals surface area contributed by atoms with Crippen LogP contribution in [-0.2, 0) is 28.6 Å².